The van der Waals surface area contributed by atoms with E-state index >= 15 is 0 Å². The Balaban J connectivity index is 2.08. The summed E-state index contributed by atoms with van der Waals surface area (Å²) in [7, 11) is -2.14. The summed E-state index contributed by atoms with van der Waals surface area (Å²) in [5.41, 5.74) is 0. The SMILES string of the molecule is COC(=O)C1CCCC1S(=O)(=O)NC1CCC(C)C1C. The van der Waals surface area contributed by atoms with Gasteiger partial charge in [-0.15, -0.1) is 0 Å². The van der Waals surface area contributed by atoms with E-state index in [1.807, 2.05) is 0 Å². The Morgan fingerprint density at radius 1 is 1.15 bits per heavy atom. The van der Waals surface area contributed by atoms with Crippen LogP contribution in [-0.4, -0.2) is 32.8 Å². The Morgan fingerprint density at radius 3 is 2.40 bits per heavy atom. The third-order valence-electron chi connectivity index (χ3n) is 5.14. The number of ether oxygens (including phenoxy) is 1. The smallest absolute Gasteiger partial charge is 0.310 e. The molecule has 0 aromatic carbocycles. The number of nitrogens with one attached hydrogen (secondary N) is 1. The molecular formula is C14H25NO4S. The zero-order valence-electron chi connectivity index (χ0n) is 12.5. The standard InChI is InChI=1S/C14H25NO4S/c1-9-7-8-12(10(9)2)15-20(17,18)13-6-4-5-11(13)14(16)19-3/h9-13,15H,4-8H2,1-3H3. The fraction of sp³-hybridized carbons (Fsp3) is 0.929. The summed E-state index contributed by atoms with van der Waals surface area (Å²) in [5.74, 6) is -0.0113. The maximum Gasteiger partial charge on any atom is 0.310 e. The van der Waals surface area contributed by atoms with Gasteiger partial charge in [-0.05, 0) is 37.5 Å². The summed E-state index contributed by atoms with van der Waals surface area (Å²) in [6, 6.07) is 0.00824. The lowest BCUT2D eigenvalue weighted by atomic mass is 9.98. The van der Waals surface area contributed by atoms with Crippen molar-refractivity contribution in [2.24, 2.45) is 17.8 Å². The van der Waals surface area contributed by atoms with Gasteiger partial charge in [0.25, 0.3) is 0 Å². The fourth-order valence-electron chi connectivity index (χ4n) is 3.55. The highest BCUT2D eigenvalue weighted by atomic mass is 32.2. The minimum absolute atomic E-state index is 0.00824. The first-order chi connectivity index (χ1) is 9.36. The molecule has 0 spiro atoms. The predicted molar refractivity (Wildman–Crippen MR) is 76.6 cm³/mol. The third kappa shape index (κ3) is 3.01. The van der Waals surface area contributed by atoms with Gasteiger partial charge in [0.05, 0.1) is 18.3 Å². The number of methoxy groups -OCH3 is 1. The molecule has 2 aliphatic rings. The van der Waals surface area contributed by atoms with E-state index in [0.717, 1.165) is 19.3 Å². The van der Waals surface area contributed by atoms with Crippen molar-refractivity contribution in [3.8, 4) is 0 Å². The molecule has 0 aromatic heterocycles. The largest absolute Gasteiger partial charge is 0.469 e. The zero-order chi connectivity index (χ0) is 14.9. The van der Waals surface area contributed by atoms with Gasteiger partial charge < -0.3 is 4.74 Å². The number of hydrogen-bond acceptors (Lipinski definition) is 4. The zero-order valence-corrected chi connectivity index (χ0v) is 13.3. The van der Waals surface area contributed by atoms with Gasteiger partial charge in [0, 0.05) is 6.04 Å². The molecule has 0 aromatic rings. The van der Waals surface area contributed by atoms with Crippen LogP contribution in [0.5, 0.6) is 0 Å². The van der Waals surface area contributed by atoms with Crippen molar-refractivity contribution < 1.29 is 17.9 Å². The topological polar surface area (TPSA) is 72.5 Å². The molecule has 2 aliphatic carbocycles. The van der Waals surface area contributed by atoms with Crippen LogP contribution in [-0.2, 0) is 19.6 Å². The first kappa shape index (κ1) is 15.8. The van der Waals surface area contributed by atoms with E-state index in [4.69, 9.17) is 4.74 Å². The summed E-state index contributed by atoms with van der Waals surface area (Å²) in [6.07, 6.45) is 3.86. The van der Waals surface area contributed by atoms with Crippen molar-refractivity contribution in [3.63, 3.8) is 0 Å². The van der Waals surface area contributed by atoms with Crippen molar-refractivity contribution in [1.29, 1.82) is 0 Å². The summed E-state index contributed by atoms with van der Waals surface area (Å²) < 4.78 is 32.7. The molecule has 2 saturated carbocycles. The number of rotatable bonds is 4. The molecule has 2 fully saturated rings. The number of carbonyl (C=O) groups is 1. The Kier molecular flexibility index (Phi) is 4.74. The van der Waals surface area contributed by atoms with Gasteiger partial charge >= 0.3 is 5.97 Å². The van der Waals surface area contributed by atoms with Gasteiger partial charge in [0.1, 0.15) is 0 Å². The highest BCUT2D eigenvalue weighted by molar-refractivity contribution is 7.90. The van der Waals surface area contributed by atoms with Crippen LogP contribution >= 0.6 is 0 Å². The van der Waals surface area contributed by atoms with Crippen molar-refractivity contribution >= 4 is 16.0 Å². The van der Waals surface area contributed by atoms with Gasteiger partial charge in [-0.1, -0.05) is 20.3 Å². The molecule has 0 amide bonds. The van der Waals surface area contributed by atoms with Crippen LogP contribution in [0.3, 0.4) is 0 Å². The predicted octanol–water partition coefficient (Wildman–Crippen LogP) is 1.68. The van der Waals surface area contributed by atoms with Crippen molar-refractivity contribution in [2.75, 3.05) is 7.11 Å². The molecule has 0 aliphatic heterocycles. The van der Waals surface area contributed by atoms with Crippen LogP contribution in [0, 0.1) is 17.8 Å². The molecule has 0 heterocycles. The van der Waals surface area contributed by atoms with Crippen LogP contribution < -0.4 is 4.72 Å². The Labute approximate surface area is 121 Å². The molecule has 5 unspecified atom stereocenters. The summed E-state index contributed by atoms with van der Waals surface area (Å²) in [6.45, 7) is 4.25. The van der Waals surface area contributed by atoms with E-state index in [1.54, 1.807) is 0 Å². The quantitative estimate of drug-likeness (QED) is 0.802. The first-order valence-electron chi connectivity index (χ1n) is 7.45. The van der Waals surface area contributed by atoms with Gasteiger partial charge in [0.2, 0.25) is 10.0 Å². The fourth-order valence-corrected chi connectivity index (χ4v) is 5.63. The average molecular weight is 303 g/mol. The molecule has 116 valence electrons. The van der Waals surface area contributed by atoms with Crippen LogP contribution in [0.15, 0.2) is 0 Å². The maximum atomic E-state index is 12.6. The van der Waals surface area contributed by atoms with E-state index in [-0.39, 0.29) is 6.04 Å². The summed E-state index contributed by atoms with van der Waals surface area (Å²) >= 11 is 0. The van der Waals surface area contributed by atoms with Crippen LogP contribution in [0.4, 0.5) is 0 Å². The maximum absolute atomic E-state index is 12.6. The van der Waals surface area contributed by atoms with E-state index in [1.165, 1.54) is 7.11 Å². The van der Waals surface area contributed by atoms with Gasteiger partial charge in [0.15, 0.2) is 0 Å². The molecule has 2 rings (SSSR count). The van der Waals surface area contributed by atoms with Crippen LogP contribution in [0.25, 0.3) is 0 Å². The van der Waals surface area contributed by atoms with E-state index < -0.39 is 27.2 Å². The molecule has 0 radical (unpaired) electrons. The second kappa shape index (κ2) is 6.02. The number of carbonyl (C=O) groups excluding carboxylic acids is 1. The van der Waals surface area contributed by atoms with Crippen molar-refractivity contribution in [3.05, 3.63) is 0 Å². The van der Waals surface area contributed by atoms with E-state index in [9.17, 15) is 13.2 Å². The second-order valence-corrected chi connectivity index (χ2v) is 8.21. The Bertz CT molecular complexity index is 462. The molecular weight excluding hydrogens is 278 g/mol. The average Bonchev–Trinajstić information content (AvgIpc) is 3.00. The lowest BCUT2D eigenvalue weighted by Crippen LogP contribution is -2.45. The first-order valence-corrected chi connectivity index (χ1v) is 9.00. The lowest BCUT2D eigenvalue weighted by Gasteiger charge is -2.24. The monoisotopic (exact) mass is 303 g/mol. The molecule has 0 saturated heterocycles. The van der Waals surface area contributed by atoms with Crippen LogP contribution in [0.2, 0.25) is 0 Å². The Hall–Kier alpha value is -0.620. The van der Waals surface area contributed by atoms with Crippen LogP contribution in [0.1, 0.15) is 46.0 Å². The third-order valence-corrected chi connectivity index (χ3v) is 7.13. The molecule has 20 heavy (non-hydrogen) atoms. The lowest BCUT2D eigenvalue weighted by molar-refractivity contribution is -0.145. The number of sulfonamides is 1. The van der Waals surface area contributed by atoms with E-state index in [2.05, 4.69) is 18.6 Å². The van der Waals surface area contributed by atoms with Crippen molar-refractivity contribution in [1.82, 2.24) is 4.72 Å². The molecule has 5 nitrogen and oxygen atoms in total. The number of esters is 1. The highest BCUT2D eigenvalue weighted by Gasteiger charge is 2.44. The Morgan fingerprint density at radius 2 is 1.85 bits per heavy atom. The molecule has 1 N–H and O–H groups in total. The number of hydrogen-bond donors (Lipinski definition) is 1. The highest BCUT2D eigenvalue weighted by Crippen LogP contribution is 2.35. The van der Waals surface area contributed by atoms with E-state index in [0.29, 0.717) is 24.7 Å². The molecule has 6 heteroatoms. The van der Waals surface area contributed by atoms with Gasteiger partial charge in [-0.3, -0.25) is 4.79 Å². The van der Waals surface area contributed by atoms with Gasteiger partial charge in [-0.25, -0.2) is 13.1 Å². The van der Waals surface area contributed by atoms with Crippen molar-refractivity contribution in [2.45, 2.75) is 57.2 Å². The normalized spacial score (nSPS) is 38.0. The molecule has 0 bridgehead atoms. The summed E-state index contributed by atoms with van der Waals surface area (Å²) in [5, 5.41) is -0.627. The summed E-state index contributed by atoms with van der Waals surface area (Å²) in [4.78, 5) is 11.7. The molecule has 5 atom stereocenters. The van der Waals surface area contributed by atoms with Gasteiger partial charge in [-0.2, -0.15) is 0 Å². The minimum Gasteiger partial charge on any atom is -0.469 e. The minimum atomic E-state index is -3.45. The second-order valence-electron chi connectivity index (χ2n) is 6.28.